The number of piperidine rings is 1. The molecule has 0 radical (unpaired) electrons. The van der Waals surface area contributed by atoms with Crippen LogP contribution < -0.4 is 5.32 Å². The van der Waals surface area contributed by atoms with Crippen LogP contribution in [0.5, 0.6) is 0 Å². The van der Waals surface area contributed by atoms with Crippen LogP contribution in [0.4, 0.5) is 4.79 Å². The van der Waals surface area contributed by atoms with E-state index in [4.69, 9.17) is 4.74 Å². The molecular weight excluding hydrogens is 276 g/mol. The van der Waals surface area contributed by atoms with Gasteiger partial charge < -0.3 is 15.0 Å². The molecule has 1 aliphatic heterocycles. The van der Waals surface area contributed by atoms with Crippen LogP contribution in [0.25, 0.3) is 0 Å². The zero-order chi connectivity index (χ0) is 16.8. The minimum atomic E-state index is -0.426. The molecule has 22 heavy (non-hydrogen) atoms. The monoisotopic (exact) mass is 312 g/mol. The van der Waals surface area contributed by atoms with Crippen molar-refractivity contribution in [1.29, 1.82) is 0 Å². The Hall–Kier alpha value is -0.770. The highest BCUT2D eigenvalue weighted by Gasteiger charge is 2.33. The number of hydrogen-bond acceptors (Lipinski definition) is 3. The molecule has 0 aliphatic carbocycles. The fourth-order valence-electron chi connectivity index (χ4n) is 3.09. The van der Waals surface area contributed by atoms with Gasteiger partial charge >= 0.3 is 6.09 Å². The molecule has 1 fully saturated rings. The summed E-state index contributed by atoms with van der Waals surface area (Å²) in [7, 11) is 0. The van der Waals surface area contributed by atoms with Gasteiger partial charge in [-0.05, 0) is 53.9 Å². The summed E-state index contributed by atoms with van der Waals surface area (Å²) in [5.41, 5.74) is -0.426. The van der Waals surface area contributed by atoms with Gasteiger partial charge in [0.05, 0.1) is 0 Å². The summed E-state index contributed by atoms with van der Waals surface area (Å²) in [6, 6.07) is 1.08. The molecule has 0 spiro atoms. The van der Waals surface area contributed by atoms with Gasteiger partial charge in [-0.1, -0.05) is 26.2 Å². The maximum Gasteiger partial charge on any atom is 0.410 e. The molecule has 4 heteroatoms. The summed E-state index contributed by atoms with van der Waals surface area (Å²) in [5, 5.41) is 3.73. The van der Waals surface area contributed by atoms with E-state index < -0.39 is 5.60 Å². The third-order valence-electron chi connectivity index (χ3n) is 4.36. The lowest BCUT2D eigenvalue weighted by Gasteiger charge is -2.41. The SMILES string of the molecule is CCCCCC(C)NC1CCCN(C(=O)OC(C)(C)C)C1C. The molecule has 4 nitrogen and oxygen atoms in total. The molecule has 1 N–H and O–H groups in total. The molecule has 1 rings (SSSR count). The molecule has 0 aromatic heterocycles. The molecule has 1 saturated heterocycles. The van der Waals surface area contributed by atoms with Crippen molar-refractivity contribution in [3.63, 3.8) is 0 Å². The van der Waals surface area contributed by atoms with Crippen LogP contribution in [-0.4, -0.2) is 41.3 Å². The van der Waals surface area contributed by atoms with E-state index >= 15 is 0 Å². The maximum absolute atomic E-state index is 12.3. The molecule has 0 aromatic carbocycles. The molecule has 1 heterocycles. The molecule has 1 aliphatic rings. The Kier molecular flexibility index (Phi) is 7.67. The molecule has 3 unspecified atom stereocenters. The lowest BCUT2D eigenvalue weighted by atomic mass is 9.96. The summed E-state index contributed by atoms with van der Waals surface area (Å²) >= 11 is 0. The van der Waals surface area contributed by atoms with Crippen molar-refractivity contribution in [2.75, 3.05) is 6.54 Å². The highest BCUT2D eigenvalue weighted by atomic mass is 16.6. The number of nitrogens with zero attached hydrogens (tertiary/aromatic N) is 1. The maximum atomic E-state index is 12.3. The third kappa shape index (κ3) is 6.55. The van der Waals surface area contributed by atoms with Crippen LogP contribution in [0.1, 0.15) is 80.1 Å². The van der Waals surface area contributed by atoms with E-state index in [2.05, 4.69) is 26.1 Å². The highest BCUT2D eigenvalue weighted by Crippen LogP contribution is 2.21. The molecule has 130 valence electrons. The van der Waals surface area contributed by atoms with E-state index in [0.29, 0.717) is 12.1 Å². The van der Waals surface area contributed by atoms with Crippen molar-refractivity contribution in [2.45, 2.75) is 104 Å². The van der Waals surface area contributed by atoms with Crippen molar-refractivity contribution < 1.29 is 9.53 Å². The summed E-state index contributed by atoms with van der Waals surface area (Å²) < 4.78 is 5.54. The molecule has 1 amide bonds. The summed E-state index contributed by atoms with van der Waals surface area (Å²) in [6.45, 7) is 13.2. The van der Waals surface area contributed by atoms with Crippen LogP contribution in [0.15, 0.2) is 0 Å². The normalized spacial score (nSPS) is 24.2. The van der Waals surface area contributed by atoms with Crippen LogP contribution in [0.3, 0.4) is 0 Å². The molecule has 0 aromatic rings. The zero-order valence-corrected chi connectivity index (χ0v) is 15.4. The van der Waals surface area contributed by atoms with Gasteiger partial charge in [0.15, 0.2) is 0 Å². The standard InChI is InChI=1S/C18H36N2O2/c1-7-8-9-11-14(2)19-16-12-10-13-20(15(16)3)17(21)22-18(4,5)6/h14-16,19H,7-13H2,1-6H3. The van der Waals surface area contributed by atoms with E-state index in [9.17, 15) is 4.79 Å². The predicted octanol–water partition coefficient (Wildman–Crippen LogP) is 4.33. The molecule has 0 saturated carbocycles. The first kappa shape index (κ1) is 19.3. The molecular formula is C18H36N2O2. The first-order chi connectivity index (χ1) is 10.2. The lowest BCUT2D eigenvalue weighted by Crippen LogP contribution is -2.56. The van der Waals surface area contributed by atoms with Crippen LogP contribution in [-0.2, 0) is 4.74 Å². The fourth-order valence-corrected chi connectivity index (χ4v) is 3.09. The first-order valence-corrected chi connectivity index (χ1v) is 9.00. The number of carbonyl (C=O) groups is 1. The van der Waals surface area contributed by atoms with E-state index in [1.807, 2.05) is 25.7 Å². The van der Waals surface area contributed by atoms with Crippen LogP contribution >= 0.6 is 0 Å². The predicted molar refractivity (Wildman–Crippen MR) is 92.2 cm³/mol. The Labute approximate surface area is 137 Å². The van der Waals surface area contributed by atoms with E-state index in [-0.39, 0.29) is 12.1 Å². The largest absolute Gasteiger partial charge is 0.444 e. The summed E-state index contributed by atoms with van der Waals surface area (Å²) in [5.74, 6) is 0. The van der Waals surface area contributed by atoms with Crippen LogP contribution in [0, 0.1) is 0 Å². The van der Waals surface area contributed by atoms with Crippen LogP contribution in [0.2, 0.25) is 0 Å². The lowest BCUT2D eigenvalue weighted by molar-refractivity contribution is 0.00636. The van der Waals surface area contributed by atoms with E-state index in [1.165, 1.54) is 25.7 Å². The second-order valence-electron chi connectivity index (χ2n) is 7.73. The molecule has 3 atom stereocenters. The Morgan fingerprint density at radius 2 is 2.05 bits per heavy atom. The Morgan fingerprint density at radius 1 is 1.36 bits per heavy atom. The number of ether oxygens (including phenoxy) is 1. The Morgan fingerprint density at radius 3 is 2.64 bits per heavy atom. The topological polar surface area (TPSA) is 41.6 Å². The first-order valence-electron chi connectivity index (χ1n) is 9.00. The van der Waals surface area contributed by atoms with Crippen molar-refractivity contribution in [3.05, 3.63) is 0 Å². The average Bonchev–Trinajstić information content (AvgIpc) is 2.39. The van der Waals surface area contributed by atoms with Crippen molar-refractivity contribution >= 4 is 6.09 Å². The highest BCUT2D eigenvalue weighted by molar-refractivity contribution is 5.68. The van der Waals surface area contributed by atoms with Gasteiger partial charge in [-0.25, -0.2) is 4.79 Å². The van der Waals surface area contributed by atoms with Gasteiger partial charge in [0.2, 0.25) is 0 Å². The number of likely N-dealkylation sites (tertiary alicyclic amines) is 1. The second-order valence-corrected chi connectivity index (χ2v) is 7.73. The van der Waals surface area contributed by atoms with Crippen molar-refractivity contribution in [1.82, 2.24) is 10.2 Å². The van der Waals surface area contributed by atoms with Gasteiger partial charge in [0.1, 0.15) is 5.60 Å². The fraction of sp³-hybridized carbons (Fsp3) is 0.944. The average molecular weight is 312 g/mol. The summed E-state index contributed by atoms with van der Waals surface area (Å²) in [4.78, 5) is 14.2. The Balaban J connectivity index is 2.51. The van der Waals surface area contributed by atoms with E-state index in [0.717, 1.165) is 19.4 Å². The van der Waals surface area contributed by atoms with Crippen molar-refractivity contribution in [2.24, 2.45) is 0 Å². The van der Waals surface area contributed by atoms with Gasteiger partial charge in [-0.15, -0.1) is 0 Å². The third-order valence-corrected chi connectivity index (χ3v) is 4.36. The number of rotatable bonds is 6. The smallest absolute Gasteiger partial charge is 0.410 e. The number of hydrogen-bond donors (Lipinski definition) is 1. The van der Waals surface area contributed by atoms with Crippen molar-refractivity contribution in [3.8, 4) is 0 Å². The minimum Gasteiger partial charge on any atom is -0.444 e. The second kappa shape index (κ2) is 8.76. The minimum absolute atomic E-state index is 0.176. The number of unbranched alkanes of at least 4 members (excludes halogenated alkanes) is 2. The van der Waals surface area contributed by atoms with Gasteiger partial charge in [0.25, 0.3) is 0 Å². The summed E-state index contributed by atoms with van der Waals surface area (Å²) in [6.07, 6.45) is 7.06. The zero-order valence-electron chi connectivity index (χ0n) is 15.4. The quantitative estimate of drug-likeness (QED) is 0.742. The number of amides is 1. The van der Waals surface area contributed by atoms with E-state index in [1.54, 1.807) is 0 Å². The molecule has 0 bridgehead atoms. The van der Waals surface area contributed by atoms with Gasteiger partial charge in [-0.3, -0.25) is 0 Å². The van der Waals surface area contributed by atoms with Gasteiger partial charge in [0, 0.05) is 24.7 Å². The number of carbonyl (C=O) groups excluding carboxylic acids is 1. The number of nitrogens with one attached hydrogen (secondary N) is 1. The van der Waals surface area contributed by atoms with Gasteiger partial charge in [-0.2, -0.15) is 0 Å². The Bertz CT molecular complexity index is 338.